The van der Waals surface area contributed by atoms with Gasteiger partial charge >= 0.3 is 0 Å². The molecule has 0 aliphatic carbocycles. The summed E-state index contributed by atoms with van der Waals surface area (Å²) >= 11 is 0. The Hall–Kier alpha value is -1.11. The van der Waals surface area contributed by atoms with Crippen LogP contribution in [0.1, 0.15) is 19.3 Å². The monoisotopic (exact) mass is 161 g/mol. The van der Waals surface area contributed by atoms with Crippen LogP contribution in [0.4, 0.5) is 0 Å². The van der Waals surface area contributed by atoms with Crippen molar-refractivity contribution in [3.05, 3.63) is 37.0 Å². The highest BCUT2D eigenvalue weighted by Crippen LogP contribution is 2.04. The van der Waals surface area contributed by atoms with Gasteiger partial charge in [0.2, 0.25) is 0 Å². The fraction of sp³-hybridized carbons (Fsp3) is 0.364. The molecule has 0 spiro atoms. The van der Waals surface area contributed by atoms with Crippen molar-refractivity contribution in [2.45, 2.75) is 19.3 Å². The number of nitrogens with zero attached hydrogens (tertiary/aromatic N) is 1. The van der Waals surface area contributed by atoms with Gasteiger partial charge < -0.3 is 0 Å². The molecule has 0 saturated heterocycles. The van der Waals surface area contributed by atoms with Gasteiger partial charge in [-0.3, -0.25) is 4.99 Å². The van der Waals surface area contributed by atoms with Crippen LogP contribution in [0.5, 0.6) is 0 Å². The van der Waals surface area contributed by atoms with Crippen LogP contribution in [0, 0.1) is 0 Å². The van der Waals surface area contributed by atoms with Crippen molar-refractivity contribution < 1.29 is 0 Å². The van der Waals surface area contributed by atoms with Crippen LogP contribution in [-0.4, -0.2) is 12.3 Å². The van der Waals surface area contributed by atoms with Gasteiger partial charge in [0.05, 0.1) is 0 Å². The molecule has 1 aliphatic heterocycles. The van der Waals surface area contributed by atoms with Crippen molar-refractivity contribution in [3.63, 3.8) is 0 Å². The lowest BCUT2D eigenvalue weighted by Gasteiger charge is -1.86. The number of rotatable bonds is 4. The fourth-order valence-corrected chi connectivity index (χ4v) is 1.16. The third kappa shape index (κ3) is 3.33. The van der Waals surface area contributed by atoms with Crippen molar-refractivity contribution in [1.29, 1.82) is 0 Å². The maximum Gasteiger partial charge on any atom is 0.0396 e. The summed E-state index contributed by atoms with van der Waals surface area (Å²) in [7, 11) is 0. The Bertz CT molecular complexity index is 221. The Morgan fingerprint density at radius 2 is 2.33 bits per heavy atom. The van der Waals surface area contributed by atoms with E-state index in [9.17, 15) is 0 Å². The lowest BCUT2D eigenvalue weighted by Crippen LogP contribution is -1.83. The van der Waals surface area contributed by atoms with Crippen molar-refractivity contribution in [2.24, 2.45) is 4.99 Å². The van der Waals surface area contributed by atoms with E-state index in [0.29, 0.717) is 0 Å². The van der Waals surface area contributed by atoms with E-state index < -0.39 is 0 Å². The number of hydrogen-bond donors (Lipinski definition) is 0. The molecule has 0 radical (unpaired) electrons. The zero-order chi connectivity index (χ0) is 8.65. The van der Waals surface area contributed by atoms with Crippen LogP contribution in [0.3, 0.4) is 0 Å². The largest absolute Gasteiger partial charge is 0.290 e. The molecule has 1 heterocycles. The summed E-state index contributed by atoms with van der Waals surface area (Å²) in [5.41, 5.74) is 1.25. The second-order valence-corrected chi connectivity index (χ2v) is 2.78. The summed E-state index contributed by atoms with van der Waals surface area (Å²) in [6.07, 6.45) is 13.5. The molecule has 1 aliphatic rings. The highest BCUT2D eigenvalue weighted by molar-refractivity contribution is 5.95. The Morgan fingerprint density at radius 3 is 3.00 bits per heavy atom. The van der Waals surface area contributed by atoms with Crippen LogP contribution < -0.4 is 0 Å². The maximum absolute atomic E-state index is 4.34. The zero-order valence-electron chi connectivity index (χ0n) is 7.37. The molecule has 0 fully saturated rings. The molecule has 0 N–H and O–H groups in total. The van der Waals surface area contributed by atoms with Crippen molar-refractivity contribution in [2.75, 3.05) is 6.54 Å². The SMILES string of the molecule is C=CC=CC/C=C/C1=NCCC1. The summed E-state index contributed by atoms with van der Waals surface area (Å²) in [5.74, 6) is 0. The zero-order valence-corrected chi connectivity index (χ0v) is 7.37. The van der Waals surface area contributed by atoms with Gasteiger partial charge in [-0.2, -0.15) is 0 Å². The summed E-state index contributed by atoms with van der Waals surface area (Å²) in [6, 6.07) is 0. The average molecular weight is 161 g/mol. The molecular formula is C11H15N. The number of aliphatic imine (C=N–C) groups is 1. The van der Waals surface area contributed by atoms with Gasteiger partial charge in [0, 0.05) is 12.3 Å². The minimum atomic E-state index is 0.977. The predicted octanol–water partition coefficient (Wildman–Crippen LogP) is 2.91. The summed E-state index contributed by atoms with van der Waals surface area (Å²) in [6.45, 7) is 4.62. The molecule has 0 amide bonds. The third-order valence-corrected chi connectivity index (χ3v) is 1.76. The van der Waals surface area contributed by atoms with Crippen LogP contribution in [-0.2, 0) is 0 Å². The van der Waals surface area contributed by atoms with Gasteiger partial charge in [0.15, 0.2) is 0 Å². The molecule has 0 bridgehead atoms. The van der Waals surface area contributed by atoms with Gasteiger partial charge in [-0.15, -0.1) is 0 Å². The van der Waals surface area contributed by atoms with Gasteiger partial charge in [-0.1, -0.05) is 30.9 Å². The summed E-state index contributed by atoms with van der Waals surface area (Å²) in [5, 5.41) is 0. The first kappa shape index (κ1) is 8.98. The van der Waals surface area contributed by atoms with E-state index in [0.717, 1.165) is 19.4 Å². The van der Waals surface area contributed by atoms with E-state index in [2.05, 4.69) is 29.8 Å². The van der Waals surface area contributed by atoms with E-state index in [1.807, 2.05) is 6.08 Å². The van der Waals surface area contributed by atoms with E-state index in [1.165, 1.54) is 12.1 Å². The average Bonchev–Trinajstić information content (AvgIpc) is 2.57. The second kappa shape index (κ2) is 5.53. The molecule has 0 saturated carbocycles. The molecule has 0 unspecified atom stereocenters. The fourth-order valence-electron chi connectivity index (χ4n) is 1.16. The maximum atomic E-state index is 4.34. The first-order valence-electron chi connectivity index (χ1n) is 4.41. The Morgan fingerprint density at radius 1 is 1.42 bits per heavy atom. The van der Waals surface area contributed by atoms with Crippen LogP contribution in [0.15, 0.2) is 42.0 Å². The molecule has 1 rings (SSSR count). The third-order valence-electron chi connectivity index (χ3n) is 1.76. The molecule has 1 heteroatoms. The van der Waals surface area contributed by atoms with Gasteiger partial charge in [0.25, 0.3) is 0 Å². The summed E-state index contributed by atoms with van der Waals surface area (Å²) in [4.78, 5) is 4.34. The molecule has 0 aromatic rings. The van der Waals surface area contributed by atoms with E-state index in [-0.39, 0.29) is 0 Å². The van der Waals surface area contributed by atoms with Crippen molar-refractivity contribution in [1.82, 2.24) is 0 Å². The molecule has 0 aromatic heterocycles. The normalized spacial score (nSPS) is 17.5. The highest BCUT2D eigenvalue weighted by Gasteiger charge is 2.00. The Balaban J connectivity index is 2.21. The predicted molar refractivity (Wildman–Crippen MR) is 54.6 cm³/mol. The summed E-state index contributed by atoms with van der Waals surface area (Å²) < 4.78 is 0. The molecule has 0 aromatic carbocycles. The van der Waals surface area contributed by atoms with Crippen molar-refractivity contribution >= 4 is 5.71 Å². The topological polar surface area (TPSA) is 12.4 Å². The second-order valence-electron chi connectivity index (χ2n) is 2.78. The standard InChI is InChI=1S/C11H15N/c1-2-3-4-5-6-8-11-9-7-10-12-11/h2-4,6,8H,1,5,7,9-10H2/b4-3?,8-6+. The van der Waals surface area contributed by atoms with E-state index in [4.69, 9.17) is 0 Å². The van der Waals surface area contributed by atoms with Gasteiger partial charge in [-0.25, -0.2) is 0 Å². The first-order valence-corrected chi connectivity index (χ1v) is 4.41. The van der Waals surface area contributed by atoms with Crippen LogP contribution >= 0.6 is 0 Å². The van der Waals surface area contributed by atoms with Gasteiger partial charge in [-0.05, 0) is 25.3 Å². The smallest absolute Gasteiger partial charge is 0.0396 e. The Kier molecular flexibility index (Phi) is 4.14. The Labute approximate surface area is 74.2 Å². The minimum absolute atomic E-state index is 0.977. The van der Waals surface area contributed by atoms with E-state index >= 15 is 0 Å². The van der Waals surface area contributed by atoms with Crippen molar-refractivity contribution in [3.8, 4) is 0 Å². The lowest BCUT2D eigenvalue weighted by atomic mass is 10.2. The highest BCUT2D eigenvalue weighted by atomic mass is 14.8. The molecule has 1 nitrogen and oxygen atoms in total. The van der Waals surface area contributed by atoms with Gasteiger partial charge in [0.1, 0.15) is 0 Å². The lowest BCUT2D eigenvalue weighted by molar-refractivity contribution is 0.951. The van der Waals surface area contributed by atoms with Crippen LogP contribution in [0.25, 0.3) is 0 Å². The van der Waals surface area contributed by atoms with E-state index in [1.54, 1.807) is 6.08 Å². The van der Waals surface area contributed by atoms with Crippen LogP contribution in [0.2, 0.25) is 0 Å². The molecular weight excluding hydrogens is 146 g/mol. The minimum Gasteiger partial charge on any atom is -0.290 e. The quantitative estimate of drug-likeness (QED) is 0.562. The number of hydrogen-bond acceptors (Lipinski definition) is 1. The molecule has 64 valence electrons. The molecule has 12 heavy (non-hydrogen) atoms. The molecule has 0 atom stereocenters. The first-order chi connectivity index (χ1) is 5.93. The number of allylic oxidation sites excluding steroid dienone is 5.